The van der Waals surface area contributed by atoms with Gasteiger partial charge in [-0.25, -0.2) is 0 Å². The van der Waals surface area contributed by atoms with Gasteiger partial charge in [0.15, 0.2) is 0 Å². The molecule has 2 N–H and O–H groups in total. The largest absolute Gasteiger partial charge is 0.395 e. The Labute approximate surface area is 113 Å². The summed E-state index contributed by atoms with van der Waals surface area (Å²) in [5.41, 5.74) is 0. The van der Waals surface area contributed by atoms with Crippen LogP contribution in [0.25, 0.3) is 0 Å². The van der Waals surface area contributed by atoms with Crippen molar-refractivity contribution < 1.29 is 18.1 Å². The zero-order valence-electron chi connectivity index (χ0n) is 8.67. The van der Waals surface area contributed by atoms with Crippen molar-refractivity contribution in [3.8, 4) is 0 Å². The Morgan fingerprint density at radius 3 is 1.81 bits per heavy atom. The second-order valence-corrected chi connectivity index (χ2v) is 5.27. The van der Waals surface area contributed by atoms with Gasteiger partial charge in [-0.05, 0) is 0 Å². The fourth-order valence-corrected chi connectivity index (χ4v) is 2.11. The number of aliphatic hydroxyl groups is 1. The van der Waals surface area contributed by atoms with Gasteiger partial charge in [0.2, 0.25) is 0 Å². The molecule has 0 radical (unpaired) electrons. The minimum Gasteiger partial charge on any atom is -0.395 e. The van der Waals surface area contributed by atoms with Crippen LogP contribution in [0.15, 0.2) is 0 Å². The predicted molar refractivity (Wildman–Crippen MR) is 64.9 cm³/mol. The van der Waals surface area contributed by atoms with Crippen LogP contribution in [-0.4, -0.2) is 103 Å². The molecule has 0 atom stereocenters. The van der Waals surface area contributed by atoms with Crippen LogP contribution in [0.4, 0.5) is 0 Å². The fraction of sp³-hybridized carbons (Fsp3) is 1.00. The van der Waals surface area contributed by atoms with Crippen LogP contribution >= 0.6 is 0 Å². The Kier molecular flexibility index (Phi) is 8.07. The molecule has 0 aliphatic carbocycles. The highest BCUT2D eigenvalue weighted by Crippen LogP contribution is 2.01. The third-order valence-electron chi connectivity index (χ3n) is 2.55. The molecule has 1 fully saturated rings. The molecule has 0 aromatic carbocycles. The van der Waals surface area contributed by atoms with E-state index in [1.54, 1.807) is 0 Å². The molecule has 0 unspecified atom stereocenters. The van der Waals surface area contributed by atoms with Crippen molar-refractivity contribution in [2.75, 3.05) is 51.6 Å². The molecule has 6 nitrogen and oxygen atoms in total. The smallest absolute Gasteiger partial charge is 0.316 e. The monoisotopic (exact) mass is 264 g/mol. The van der Waals surface area contributed by atoms with E-state index in [9.17, 15) is 8.42 Å². The van der Waals surface area contributed by atoms with Crippen molar-refractivity contribution in [2.24, 2.45) is 0 Å². The first-order valence-electron chi connectivity index (χ1n) is 5.02. The molecule has 0 bridgehead atoms. The summed E-state index contributed by atoms with van der Waals surface area (Å²) in [4.78, 5) is 4.13. The van der Waals surface area contributed by atoms with Gasteiger partial charge >= 0.3 is 23.1 Å². The van der Waals surface area contributed by atoms with Crippen molar-refractivity contribution in [3.05, 3.63) is 0 Å². The summed E-state index contributed by atoms with van der Waals surface area (Å²) in [7, 11) is -3.84. The summed E-state index contributed by atoms with van der Waals surface area (Å²) in [5.74, 6) is -0.201. The van der Waals surface area contributed by atoms with Gasteiger partial charge in [-0.3, -0.25) is 14.4 Å². The Bertz CT molecular complexity index is 278. The van der Waals surface area contributed by atoms with Crippen molar-refractivity contribution in [1.82, 2.24) is 9.80 Å². The highest BCUT2D eigenvalue weighted by atomic mass is 32.2. The summed E-state index contributed by atoms with van der Waals surface area (Å²) < 4.78 is 29.6. The van der Waals surface area contributed by atoms with E-state index in [0.717, 1.165) is 26.2 Å². The maximum atomic E-state index is 10.5. The Balaban J connectivity index is 0.00000225. The highest BCUT2D eigenvalue weighted by Gasteiger charge is 2.17. The van der Waals surface area contributed by atoms with Crippen LogP contribution in [0, 0.1) is 0 Å². The van der Waals surface area contributed by atoms with Gasteiger partial charge < -0.3 is 5.11 Å². The summed E-state index contributed by atoms with van der Waals surface area (Å²) >= 11 is 0. The summed E-state index contributed by atoms with van der Waals surface area (Å²) in [6.45, 7) is 4.46. The molecule has 1 aliphatic heterocycles. The lowest BCUT2D eigenvalue weighted by atomic mass is 10.3. The van der Waals surface area contributed by atoms with Crippen molar-refractivity contribution in [1.29, 1.82) is 0 Å². The summed E-state index contributed by atoms with van der Waals surface area (Å²) in [5, 5.41) is 8.73. The second kappa shape index (κ2) is 7.80. The first-order valence-corrected chi connectivity index (χ1v) is 6.63. The van der Waals surface area contributed by atoms with Crippen molar-refractivity contribution in [2.45, 2.75) is 0 Å². The van der Waals surface area contributed by atoms with Gasteiger partial charge in [-0.15, -0.1) is 0 Å². The topological polar surface area (TPSA) is 81.1 Å². The van der Waals surface area contributed by atoms with Gasteiger partial charge in [0.05, 0.1) is 12.4 Å². The number of hydrogen-bond donors (Lipinski definition) is 2. The molecule has 8 heteroatoms. The third kappa shape index (κ3) is 6.99. The number of aliphatic hydroxyl groups excluding tert-OH is 1. The van der Waals surface area contributed by atoms with Gasteiger partial charge in [-0.2, -0.15) is 8.42 Å². The van der Waals surface area contributed by atoms with Gasteiger partial charge in [0.25, 0.3) is 10.1 Å². The maximum absolute atomic E-state index is 10.5. The van der Waals surface area contributed by atoms with E-state index in [1.807, 2.05) is 4.90 Å². The predicted octanol–water partition coefficient (Wildman–Crippen LogP) is -2.43. The first kappa shape index (κ1) is 16.6. The fourth-order valence-electron chi connectivity index (χ4n) is 1.62. The quantitative estimate of drug-likeness (QED) is 0.425. The van der Waals surface area contributed by atoms with Gasteiger partial charge in [0.1, 0.15) is 0 Å². The highest BCUT2D eigenvalue weighted by molar-refractivity contribution is 7.85. The lowest BCUT2D eigenvalue weighted by Crippen LogP contribution is -2.48. The zero-order valence-corrected chi connectivity index (χ0v) is 9.49. The number of β-amino-alcohol motifs (C(OH)–C–C–N with tert-alkyl or cyclic N) is 1. The molecule has 1 saturated heterocycles. The lowest BCUT2D eigenvalue weighted by molar-refractivity contribution is 0.116. The van der Waals surface area contributed by atoms with E-state index in [0.29, 0.717) is 13.1 Å². The molecule has 0 amide bonds. The Morgan fingerprint density at radius 2 is 1.44 bits per heavy atom. The van der Waals surface area contributed by atoms with E-state index in [2.05, 4.69) is 4.90 Å². The standard InChI is InChI=1S/C8H18N2O4S.Mg.2H/c11-7-5-9-1-3-10(4-2-9)6-8-15(12,13)14;;;/h11H,1-8H2,(H,12,13,14);;;. The number of hydrogen-bond acceptors (Lipinski definition) is 5. The molecule has 1 rings (SSSR count). The molecular formula is C8H20MgN2O4S. The molecule has 16 heavy (non-hydrogen) atoms. The number of rotatable bonds is 5. The van der Waals surface area contributed by atoms with E-state index >= 15 is 0 Å². The average molecular weight is 265 g/mol. The van der Waals surface area contributed by atoms with Crippen LogP contribution in [0.3, 0.4) is 0 Å². The third-order valence-corrected chi connectivity index (χ3v) is 3.25. The van der Waals surface area contributed by atoms with E-state index in [-0.39, 0.29) is 35.4 Å². The van der Waals surface area contributed by atoms with E-state index in [1.165, 1.54) is 0 Å². The number of piperazine rings is 1. The zero-order chi connectivity index (χ0) is 11.3. The van der Waals surface area contributed by atoms with Crippen LogP contribution < -0.4 is 0 Å². The van der Waals surface area contributed by atoms with Crippen LogP contribution in [0.2, 0.25) is 0 Å². The lowest BCUT2D eigenvalue weighted by Gasteiger charge is -2.33. The second-order valence-electron chi connectivity index (χ2n) is 3.69. The van der Waals surface area contributed by atoms with Crippen LogP contribution in [0.1, 0.15) is 0 Å². The van der Waals surface area contributed by atoms with Crippen molar-refractivity contribution in [3.63, 3.8) is 0 Å². The summed E-state index contributed by atoms with van der Waals surface area (Å²) in [6, 6.07) is 0. The SMILES string of the molecule is O=S(=O)(O)CCN1CCN(CCO)CC1.[MgH2]. The normalized spacial score (nSPS) is 19.4. The molecule has 0 spiro atoms. The Morgan fingerprint density at radius 1 is 1.00 bits per heavy atom. The molecule has 1 aliphatic rings. The maximum Gasteiger partial charge on any atom is 0.316 e. The summed E-state index contributed by atoms with van der Waals surface area (Å²) in [6.07, 6.45) is 0. The van der Waals surface area contributed by atoms with E-state index < -0.39 is 10.1 Å². The van der Waals surface area contributed by atoms with E-state index in [4.69, 9.17) is 9.66 Å². The molecule has 0 aromatic rings. The molecule has 94 valence electrons. The number of nitrogens with zero attached hydrogens (tertiary/aromatic N) is 2. The minimum absolute atomic E-state index is 0. The molecule has 0 saturated carbocycles. The molecule has 1 heterocycles. The van der Waals surface area contributed by atoms with Crippen LogP contribution in [0.5, 0.6) is 0 Å². The van der Waals surface area contributed by atoms with Gasteiger partial charge in [0, 0.05) is 39.3 Å². The molecule has 0 aromatic heterocycles. The average Bonchev–Trinajstić information content (AvgIpc) is 2.16. The minimum atomic E-state index is -3.84. The van der Waals surface area contributed by atoms with Crippen molar-refractivity contribution >= 4 is 33.2 Å². The first-order chi connectivity index (χ1) is 7.01. The molecular weight excluding hydrogens is 244 g/mol. The van der Waals surface area contributed by atoms with Gasteiger partial charge in [-0.1, -0.05) is 0 Å². The van der Waals surface area contributed by atoms with Crippen LogP contribution in [-0.2, 0) is 10.1 Å². The Hall–Kier alpha value is 0.556.